The normalized spacial score (nSPS) is 20.8. The van der Waals surface area contributed by atoms with Crippen molar-refractivity contribution in [1.29, 1.82) is 0 Å². The fraction of sp³-hybridized carbons (Fsp3) is 0.462. The first-order valence-electron chi connectivity index (χ1n) is 12.2. The van der Waals surface area contributed by atoms with Crippen LogP contribution in [0, 0.1) is 0 Å². The van der Waals surface area contributed by atoms with E-state index in [0.29, 0.717) is 36.8 Å². The number of para-hydroxylation sites is 1. The number of piperazine rings is 1. The van der Waals surface area contributed by atoms with E-state index in [0.717, 1.165) is 37.8 Å². The summed E-state index contributed by atoms with van der Waals surface area (Å²) in [6.07, 6.45) is 1.08. The quantitative estimate of drug-likeness (QED) is 0.543. The molecule has 0 bridgehead atoms. The average Bonchev–Trinajstić information content (AvgIpc) is 3.00. The van der Waals surface area contributed by atoms with Crippen LogP contribution in [0.25, 0.3) is 0 Å². The summed E-state index contributed by atoms with van der Waals surface area (Å²) in [5.74, 6) is 1.37. The summed E-state index contributed by atoms with van der Waals surface area (Å²) in [6, 6.07) is 10.8. The molecule has 9 heteroatoms. The molecule has 2 heterocycles. The number of carbonyl (C=O) groups excluding carboxylic acids is 1. The van der Waals surface area contributed by atoms with Crippen LogP contribution in [0.2, 0.25) is 0 Å². The van der Waals surface area contributed by atoms with Crippen LogP contribution < -0.4 is 10.1 Å². The van der Waals surface area contributed by atoms with Crippen molar-refractivity contribution in [3.63, 3.8) is 0 Å². The number of halogens is 3. The number of fused-ring (bicyclic) bond motifs is 2. The average molecular weight is 487 g/mol. The predicted octanol–water partition coefficient (Wildman–Crippen LogP) is 5.94. The van der Waals surface area contributed by atoms with Gasteiger partial charge in [-0.05, 0) is 50.1 Å². The van der Waals surface area contributed by atoms with E-state index in [1.807, 2.05) is 34.9 Å². The van der Waals surface area contributed by atoms with Crippen LogP contribution in [0.1, 0.15) is 50.2 Å². The lowest BCUT2D eigenvalue weighted by Crippen LogP contribution is -2.58. The van der Waals surface area contributed by atoms with E-state index in [4.69, 9.17) is 4.74 Å². The summed E-state index contributed by atoms with van der Waals surface area (Å²) < 4.78 is 46.1. The van der Waals surface area contributed by atoms with Gasteiger partial charge in [0.15, 0.2) is 5.75 Å². The molecule has 5 rings (SSSR count). The summed E-state index contributed by atoms with van der Waals surface area (Å²) in [6.45, 7) is 3.52. The first-order chi connectivity index (χ1) is 16.8. The fourth-order valence-electron chi connectivity index (χ4n) is 5.10. The summed E-state index contributed by atoms with van der Waals surface area (Å²) in [5, 5.41) is 3.18. The van der Waals surface area contributed by atoms with Crippen LogP contribution in [0.5, 0.6) is 11.5 Å². The molecule has 1 saturated heterocycles. The number of hydrogen-bond donors (Lipinski definition) is 1. The molecule has 1 aliphatic carbocycles. The van der Waals surface area contributed by atoms with Crippen LogP contribution >= 0.6 is 0 Å². The van der Waals surface area contributed by atoms with Gasteiger partial charge in [0.1, 0.15) is 17.3 Å². The number of ether oxygens (including phenoxy) is 1. The van der Waals surface area contributed by atoms with Crippen molar-refractivity contribution < 1.29 is 22.7 Å². The number of hydrogen-bond acceptors (Lipinski definition) is 4. The smallest absolute Gasteiger partial charge is 0.416 e. The van der Waals surface area contributed by atoms with E-state index < -0.39 is 11.7 Å². The van der Waals surface area contributed by atoms with Gasteiger partial charge in [-0.25, -0.2) is 9.79 Å². The molecule has 3 aliphatic rings. The largest absolute Gasteiger partial charge is 0.454 e. The maximum Gasteiger partial charge on any atom is 0.416 e. The van der Waals surface area contributed by atoms with Crippen LogP contribution in [0.15, 0.2) is 47.5 Å². The number of urea groups is 1. The third-order valence-corrected chi connectivity index (χ3v) is 6.98. The third-order valence-electron chi connectivity index (χ3n) is 6.98. The third kappa shape index (κ3) is 4.94. The van der Waals surface area contributed by atoms with Crippen LogP contribution in [-0.2, 0) is 6.18 Å². The zero-order valence-electron chi connectivity index (χ0n) is 19.6. The Morgan fingerprint density at radius 1 is 1.06 bits per heavy atom. The summed E-state index contributed by atoms with van der Waals surface area (Å²) >= 11 is 0. The van der Waals surface area contributed by atoms with Crippen molar-refractivity contribution in [2.24, 2.45) is 4.99 Å². The molecule has 2 amide bonds. The Labute approximate surface area is 202 Å². The first-order valence-corrected chi connectivity index (χ1v) is 12.2. The molecule has 2 fully saturated rings. The number of carbonyl (C=O) groups is 1. The van der Waals surface area contributed by atoms with Crippen molar-refractivity contribution in [3.05, 3.63) is 53.6 Å². The van der Waals surface area contributed by atoms with Crippen LogP contribution in [-0.4, -0.2) is 53.4 Å². The molecule has 0 radical (unpaired) electrons. The first kappa shape index (κ1) is 23.5. The van der Waals surface area contributed by atoms with E-state index in [1.165, 1.54) is 12.5 Å². The molecule has 1 atom stereocenters. The van der Waals surface area contributed by atoms with E-state index >= 15 is 0 Å². The molecule has 2 aromatic carbocycles. The number of alkyl halides is 3. The second-order valence-corrected chi connectivity index (χ2v) is 9.49. The van der Waals surface area contributed by atoms with E-state index in [-0.39, 0.29) is 29.6 Å². The predicted molar refractivity (Wildman–Crippen MR) is 127 cm³/mol. The monoisotopic (exact) mass is 486 g/mol. The van der Waals surface area contributed by atoms with Crippen molar-refractivity contribution in [2.75, 3.05) is 19.6 Å². The summed E-state index contributed by atoms with van der Waals surface area (Å²) in [7, 11) is 0. The SMILES string of the molecule is CC1CN(C2=Nc3cc(C(F)(F)F)ccc3Oc3ccccc32)CCN1C(=O)NC1CCCCC1. The standard InChI is InChI=1S/C26H29F3N4O2/c1-17-16-32(13-14-33(17)25(34)30-19-7-3-2-4-8-19)24-20-9-5-6-10-22(20)35-23-12-11-18(26(27,28)29)15-21(23)31-24/h5-6,9-12,15,17,19H,2-4,7-8,13-14,16H2,1H3,(H,30,34). The molecule has 1 unspecified atom stereocenters. The van der Waals surface area contributed by atoms with Crippen molar-refractivity contribution in [2.45, 2.75) is 57.3 Å². The molecule has 2 aliphatic heterocycles. The Hall–Kier alpha value is -3.23. The minimum atomic E-state index is -4.48. The molecule has 186 valence electrons. The lowest BCUT2D eigenvalue weighted by atomic mass is 9.96. The number of rotatable bonds is 1. The highest BCUT2D eigenvalue weighted by atomic mass is 19.4. The Bertz CT molecular complexity index is 1130. The Kier molecular flexibility index (Phi) is 6.34. The second-order valence-electron chi connectivity index (χ2n) is 9.49. The van der Waals surface area contributed by atoms with E-state index in [1.54, 1.807) is 6.07 Å². The Balaban J connectivity index is 1.40. The van der Waals surface area contributed by atoms with Gasteiger partial charge in [0.05, 0.1) is 11.1 Å². The molecule has 0 spiro atoms. The number of amidine groups is 1. The fourth-order valence-corrected chi connectivity index (χ4v) is 5.10. The zero-order valence-corrected chi connectivity index (χ0v) is 19.6. The molecule has 35 heavy (non-hydrogen) atoms. The summed E-state index contributed by atoms with van der Waals surface area (Å²) in [5.41, 5.74) is 0.0761. The molecule has 1 N–H and O–H groups in total. The van der Waals surface area contributed by atoms with Crippen molar-refractivity contribution >= 4 is 17.6 Å². The highest BCUT2D eigenvalue weighted by Crippen LogP contribution is 2.41. The van der Waals surface area contributed by atoms with E-state index in [9.17, 15) is 18.0 Å². The van der Waals surface area contributed by atoms with Crippen LogP contribution in [0.3, 0.4) is 0 Å². The maximum absolute atomic E-state index is 13.4. The van der Waals surface area contributed by atoms with Gasteiger partial charge in [-0.1, -0.05) is 31.4 Å². The molecular weight excluding hydrogens is 457 g/mol. The molecular formula is C26H29F3N4O2. The molecule has 1 saturated carbocycles. The lowest BCUT2D eigenvalue weighted by molar-refractivity contribution is -0.137. The number of benzene rings is 2. The molecule has 0 aromatic heterocycles. The van der Waals surface area contributed by atoms with Crippen LogP contribution in [0.4, 0.5) is 23.7 Å². The maximum atomic E-state index is 13.4. The zero-order chi connectivity index (χ0) is 24.6. The van der Waals surface area contributed by atoms with Crippen molar-refractivity contribution in [1.82, 2.24) is 15.1 Å². The van der Waals surface area contributed by atoms with Crippen molar-refractivity contribution in [3.8, 4) is 11.5 Å². The minimum absolute atomic E-state index is 0.0456. The number of nitrogens with zero attached hydrogens (tertiary/aromatic N) is 3. The number of amides is 2. The highest BCUT2D eigenvalue weighted by Gasteiger charge is 2.34. The number of aliphatic imine (C=N–C) groups is 1. The second kappa shape index (κ2) is 9.43. The number of nitrogens with one attached hydrogen (secondary N) is 1. The van der Waals surface area contributed by atoms with Gasteiger partial charge in [0.25, 0.3) is 0 Å². The highest BCUT2D eigenvalue weighted by molar-refractivity contribution is 6.04. The van der Waals surface area contributed by atoms with Gasteiger partial charge in [-0.3, -0.25) is 0 Å². The molecule has 2 aromatic rings. The lowest BCUT2D eigenvalue weighted by Gasteiger charge is -2.41. The molecule has 6 nitrogen and oxygen atoms in total. The van der Waals surface area contributed by atoms with E-state index in [2.05, 4.69) is 10.3 Å². The minimum Gasteiger partial charge on any atom is -0.454 e. The Morgan fingerprint density at radius 2 is 1.83 bits per heavy atom. The van der Waals surface area contributed by atoms with Gasteiger partial charge in [0, 0.05) is 31.7 Å². The van der Waals surface area contributed by atoms with Gasteiger partial charge < -0.3 is 19.9 Å². The van der Waals surface area contributed by atoms with Gasteiger partial charge in [-0.2, -0.15) is 13.2 Å². The van der Waals surface area contributed by atoms with Gasteiger partial charge in [0.2, 0.25) is 0 Å². The topological polar surface area (TPSA) is 57.2 Å². The van der Waals surface area contributed by atoms with Gasteiger partial charge in [-0.15, -0.1) is 0 Å². The van der Waals surface area contributed by atoms with Gasteiger partial charge >= 0.3 is 12.2 Å². The Morgan fingerprint density at radius 3 is 2.57 bits per heavy atom. The summed E-state index contributed by atoms with van der Waals surface area (Å²) in [4.78, 5) is 21.5.